The smallest absolute Gasteiger partial charge is 0.321 e. The Kier molecular flexibility index (Phi) is 7.09. The topological polar surface area (TPSA) is 104 Å². The summed E-state index contributed by atoms with van der Waals surface area (Å²) in [5.41, 5.74) is 2.11. The fourth-order valence-electron chi connectivity index (χ4n) is 3.01. The van der Waals surface area contributed by atoms with Crippen LogP contribution in [0.25, 0.3) is 11.4 Å². The van der Waals surface area contributed by atoms with Crippen molar-refractivity contribution in [3.63, 3.8) is 0 Å². The van der Waals surface area contributed by atoms with E-state index >= 15 is 0 Å². The molecule has 1 aromatic carbocycles. The van der Waals surface area contributed by atoms with Crippen LogP contribution < -0.4 is 10.6 Å². The standard InChI is InChI=1S/C20H26N6O3/c1-3-8-21-20(28)22-17(27)13-25-9-11-26(12-10-25)14-18-23-19(24-29-18)16-6-4-15(2)5-7-16/h3-7H,1,8-14H2,2H3,(H2,21,22,27,28). The lowest BCUT2D eigenvalue weighted by atomic mass is 10.1. The van der Waals surface area contributed by atoms with Crippen LogP contribution in [0.4, 0.5) is 4.79 Å². The van der Waals surface area contributed by atoms with Gasteiger partial charge in [0.2, 0.25) is 17.6 Å². The van der Waals surface area contributed by atoms with E-state index in [4.69, 9.17) is 4.52 Å². The van der Waals surface area contributed by atoms with Crippen LogP contribution >= 0.6 is 0 Å². The highest BCUT2D eigenvalue weighted by atomic mass is 16.5. The highest BCUT2D eigenvalue weighted by Gasteiger charge is 2.21. The maximum Gasteiger partial charge on any atom is 0.321 e. The molecule has 0 atom stereocenters. The zero-order valence-corrected chi connectivity index (χ0v) is 16.6. The van der Waals surface area contributed by atoms with E-state index in [1.54, 1.807) is 6.08 Å². The second-order valence-corrected chi connectivity index (χ2v) is 6.98. The first-order chi connectivity index (χ1) is 14.0. The Morgan fingerprint density at radius 2 is 1.86 bits per heavy atom. The number of imide groups is 1. The van der Waals surface area contributed by atoms with Crippen molar-refractivity contribution in [3.8, 4) is 11.4 Å². The van der Waals surface area contributed by atoms with Gasteiger partial charge in [-0.1, -0.05) is 41.1 Å². The normalized spacial score (nSPS) is 15.1. The van der Waals surface area contributed by atoms with Crippen molar-refractivity contribution >= 4 is 11.9 Å². The molecule has 29 heavy (non-hydrogen) atoms. The van der Waals surface area contributed by atoms with Crippen LogP contribution in [-0.2, 0) is 11.3 Å². The van der Waals surface area contributed by atoms with Crippen molar-refractivity contribution in [1.82, 2.24) is 30.6 Å². The van der Waals surface area contributed by atoms with Crippen molar-refractivity contribution in [2.24, 2.45) is 0 Å². The van der Waals surface area contributed by atoms with E-state index in [9.17, 15) is 9.59 Å². The number of aromatic nitrogens is 2. The van der Waals surface area contributed by atoms with Crippen LogP contribution in [0.2, 0.25) is 0 Å². The van der Waals surface area contributed by atoms with Gasteiger partial charge in [-0.3, -0.25) is 19.9 Å². The molecule has 1 fully saturated rings. The van der Waals surface area contributed by atoms with Crippen LogP contribution in [0.1, 0.15) is 11.5 Å². The number of rotatable bonds is 7. The van der Waals surface area contributed by atoms with Crippen molar-refractivity contribution in [3.05, 3.63) is 48.4 Å². The van der Waals surface area contributed by atoms with Gasteiger partial charge < -0.3 is 9.84 Å². The molecule has 2 heterocycles. The molecule has 0 saturated carbocycles. The molecule has 0 radical (unpaired) electrons. The monoisotopic (exact) mass is 398 g/mol. The maximum atomic E-state index is 11.9. The molecule has 9 nitrogen and oxygen atoms in total. The molecule has 0 spiro atoms. The first-order valence-electron chi connectivity index (χ1n) is 9.56. The lowest BCUT2D eigenvalue weighted by molar-refractivity contribution is -0.121. The fraction of sp³-hybridized carbons (Fsp3) is 0.400. The molecule has 154 valence electrons. The minimum atomic E-state index is -0.505. The molecule has 1 saturated heterocycles. The summed E-state index contributed by atoms with van der Waals surface area (Å²) < 4.78 is 5.39. The van der Waals surface area contributed by atoms with Gasteiger partial charge in [0.05, 0.1) is 13.1 Å². The predicted octanol–water partition coefficient (Wildman–Crippen LogP) is 1.17. The Morgan fingerprint density at radius 1 is 1.17 bits per heavy atom. The Morgan fingerprint density at radius 3 is 2.55 bits per heavy atom. The molecular formula is C20H26N6O3. The van der Waals surface area contributed by atoms with E-state index in [1.807, 2.05) is 36.1 Å². The number of benzene rings is 1. The number of nitrogens with one attached hydrogen (secondary N) is 2. The van der Waals surface area contributed by atoms with Gasteiger partial charge in [0.25, 0.3) is 0 Å². The predicted molar refractivity (Wildman–Crippen MR) is 108 cm³/mol. The second-order valence-electron chi connectivity index (χ2n) is 6.98. The number of nitrogens with zero attached hydrogens (tertiary/aromatic N) is 4. The van der Waals surface area contributed by atoms with Crippen molar-refractivity contribution in [2.75, 3.05) is 39.3 Å². The fourth-order valence-corrected chi connectivity index (χ4v) is 3.01. The summed E-state index contributed by atoms with van der Waals surface area (Å²) in [6.07, 6.45) is 1.55. The van der Waals surface area contributed by atoms with E-state index < -0.39 is 6.03 Å². The highest BCUT2D eigenvalue weighted by Crippen LogP contribution is 2.17. The lowest BCUT2D eigenvalue weighted by Crippen LogP contribution is -2.50. The molecule has 3 amide bonds. The molecule has 0 bridgehead atoms. The number of hydrogen-bond donors (Lipinski definition) is 2. The third-order valence-corrected chi connectivity index (χ3v) is 4.63. The van der Waals surface area contributed by atoms with Gasteiger partial charge in [-0.25, -0.2) is 4.79 Å². The Hall–Kier alpha value is -3.04. The lowest BCUT2D eigenvalue weighted by Gasteiger charge is -2.33. The number of aryl methyl sites for hydroxylation is 1. The molecule has 3 rings (SSSR count). The van der Waals surface area contributed by atoms with Crippen LogP contribution in [0.5, 0.6) is 0 Å². The van der Waals surface area contributed by atoms with Crippen LogP contribution in [-0.4, -0.2) is 71.1 Å². The van der Waals surface area contributed by atoms with Crippen molar-refractivity contribution in [2.45, 2.75) is 13.5 Å². The van der Waals surface area contributed by atoms with Gasteiger partial charge >= 0.3 is 6.03 Å². The number of carbonyl (C=O) groups is 2. The largest absolute Gasteiger partial charge is 0.338 e. The van der Waals surface area contributed by atoms with Gasteiger partial charge in [0.1, 0.15) is 0 Å². The Bertz CT molecular complexity index is 840. The van der Waals surface area contributed by atoms with Gasteiger partial charge in [0, 0.05) is 38.3 Å². The second kappa shape index (κ2) is 9.94. The van der Waals surface area contributed by atoms with Gasteiger partial charge in [-0.15, -0.1) is 6.58 Å². The zero-order valence-electron chi connectivity index (χ0n) is 16.6. The van der Waals surface area contributed by atoms with Crippen LogP contribution in [0, 0.1) is 6.92 Å². The molecular weight excluding hydrogens is 372 g/mol. The third kappa shape index (κ3) is 6.23. The summed E-state index contributed by atoms with van der Waals surface area (Å²) in [7, 11) is 0. The van der Waals surface area contributed by atoms with Gasteiger partial charge in [-0.2, -0.15) is 4.98 Å². The average molecular weight is 398 g/mol. The number of piperazine rings is 1. The van der Waals surface area contributed by atoms with E-state index in [1.165, 1.54) is 5.56 Å². The highest BCUT2D eigenvalue weighted by molar-refractivity contribution is 5.95. The molecule has 2 aromatic rings. The summed E-state index contributed by atoms with van der Waals surface area (Å²) in [5, 5.41) is 8.89. The molecule has 2 N–H and O–H groups in total. The first-order valence-corrected chi connectivity index (χ1v) is 9.56. The van der Waals surface area contributed by atoms with E-state index in [2.05, 4.69) is 32.3 Å². The average Bonchev–Trinajstić information content (AvgIpc) is 3.17. The van der Waals surface area contributed by atoms with Crippen LogP contribution in [0.15, 0.2) is 41.4 Å². The minimum absolute atomic E-state index is 0.188. The van der Waals surface area contributed by atoms with E-state index in [0.29, 0.717) is 24.8 Å². The van der Waals surface area contributed by atoms with Crippen molar-refractivity contribution < 1.29 is 14.1 Å². The number of carbonyl (C=O) groups excluding carboxylic acids is 2. The Balaban J connectivity index is 1.42. The Labute approximate surface area is 169 Å². The molecule has 1 aliphatic rings. The number of amides is 3. The van der Waals surface area contributed by atoms with Gasteiger partial charge in [0.15, 0.2) is 0 Å². The number of hydrogen-bond acceptors (Lipinski definition) is 7. The summed E-state index contributed by atoms with van der Waals surface area (Å²) in [6, 6.07) is 7.49. The minimum Gasteiger partial charge on any atom is -0.338 e. The molecule has 1 aromatic heterocycles. The van der Waals surface area contributed by atoms with Gasteiger partial charge in [-0.05, 0) is 6.92 Å². The molecule has 9 heteroatoms. The summed E-state index contributed by atoms with van der Waals surface area (Å²) >= 11 is 0. The summed E-state index contributed by atoms with van der Waals surface area (Å²) in [5.74, 6) is 0.843. The van der Waals surface area contributed by atoms with Crippen LogP contribution in [0.3, 0.4) is 0 Å². The molecule has 0 unspecified atom stereocenters. The maximum absolute atomic E-state index is 11.9. The number of urea groups is 1. The zero-order chi connectivity index (χ0) is 20.6. The van der Waals surface area contributed by atoms with E-state index in [-0.39, 0.29) is 12.5 Å². The van der Waals surface area contributed by atoms with Crippen molar-refractivity contribution in [1.29, 1.82) is 0 Å². The summed E-state index contributed by atoms with van der Waals surface area (Å²) in [4.78, 5) is 32.1. The quantitative estimate of drug-likeness (QED) is 0.675. The van der Waals surface area contributed by atoms with E-state index in [0.717, 1.165) is 31.7 Å². The SMILES string of the molecule is C=CCNC(=O)NC(=O)CN1CCN(Cc2nc(-c3ccc(C)cc3)no2)CC1. The summed E-state index contributed by atoms with van der Waals surface area (Å²) in [6.45, 7) is 9.62. The third-order valence-electron chi connectivity index (χ3n) is 4.63. The molecule has 0 aliphatic carbocycles. The first kappa shape index (κ1) is 20.7. The molecule has 1 aliphatic heterocycles.